The highest BCUT2D eigenvalue weighted by Crippen LogP contribution is 2.36. The Morgan fingerprint density at radius 3 is 2.54 bits per heavy atom. The maximum atomic E-state index is 13.7. The van der Waals surface area contributed by atoms with Crippen molar-refractivity contribution in [3.8, 4) is 5.88 Å². The quantitative estimate of drug-likeness (QED) is 0.165. The average molecular weight is 545 g/mol. The predicted octanol–water partition coefficient (Wildman–Crippen LogP) is 4.45. The molecule has 0 bridgehead atoms. The summed E-state index contributed by atoms with van der Waals surface area (Å²) in [6.45, 7) is 5.94. The molecule has 2 aromatic heterocycles. The summed E-state index contributed by atoms with van der Waals surface area (Å²) < 4.78 is 46.4. The van der Waals surface area contributed by atoms with Gasteiger partial charge in [-0.2, -0.15) is 23.1 Å². The van der Waals surface area contributed by atoms with Crippen LogP contribution in [0.15, 0.2) is 55.3 Å². The molecule has 1 aromatic carbocycles. The molecule has 0 fully saturated rings. The Hall–Kier alpha value is -4.88. The lowest BCUT2D eigenvalue weighted by molar-refractivity contribution is -0.137. The van der Waals surface area contributed by atoms with E-state index in [1.54, 1.807) is 31.2 Å². The average Bonchev–Trinajstić information content (AvgIpc) is 2.91. The van der Waals surface area contributed by atoms with E-state index in [9.17, 15) is 22.8 Å². The first-order valence-corrected chi connectivity index (χ1v) is 11.7. The summed E-state index contributed by atoms with van der Waals surface area (Å²) in [5.74, 6) is -0.595. The number of carbonyl (C=O) groups is 2. The van der Waals surface area contributed by atoms with Crippen LogP contribution in [0.1, 0.15) is 18.9 Å². The third-order valence-corrected chi connectivity index (χ3v) is 5.05. The van der Waals surface area contributed by atoms with Crippen molar-refractivity contribution in [2.75, 3.05) is 41.5 Å². The maximum absolute atomic E-state index is 13.7. The van der Waals surface area contributed by atoms with E-state index in [1.807, 2.05) is 0 Å². The number of nitrogens with zero attached hydrogens (tertiary/aromatic N) is 3. The Balaban J connectivity index is 1.81. The zero-order chi connectivity index (χ0) is 28.4. The smallest absolute Gasteiger partial charge is 0.421 e. The highest BCUT2D eigenvalue weighted by atomic mass is 19.4. The molecule has 0 saturated carbocycles. The van der Waals surface area contributed by atoms with Crippen molar-refractivity contribution in [2.45, 2.75) is 19.5 Å². The van der Waals surface area contributed by atoms with Crippen LogP contribution >= 0.6 is 0 Å². The van der Waals surface area contributed by atoms with Gasteiger partial charge in [0.1, 0.15) is 22.9 Å². The van der Waals surface area contributed by atoms with Crippen molar-refractivity contribution < 1.29 is 27.5 Å². The van der Waals surface area contributed by atoms with Gasteiger partial charge in [0.15, 0.2) is 0 Å². The van der Waals surface area contributed by atoms with Crippen LogP contribution < -0.4 is 31.3 Å². The van der Waals surface area contributed by atoms with E-state index < -0.39 is 23.5 Å². The molecule has 0 aliphatic rings. The van der Waals surface area contributed by atoms with E-state index in [0.29, 0.717) is 42.9 Å². The third-order valence-electron chi connectivity index (χ3n) is 5.05. The summed E-state index contributed by atoms with van der Waals surface area (Å²) in [6, 6.07) is 9.31. The molecule has 0 aliphatic heterocycles. The fourth-order valence-corrected chi connectivity index (χ4v) is 3.18. The maximum Gasteiger partial charge on any atom is 0.421 e. The molecule has 5 N–H and O–H groups in total. The minimum absolute atomic E-state index is 0.0699. The van der Waals surface area contributed by atoms with Gasteiger partial charge in [-0.3, -0.25) is 9.59 Å². The van der Waals surface area contributed by atoms with Crippen molar-refractivity contribution in [2.24, 2.45) is 0 Å². The molecule has 39 heavy (non-hydrogen) atoms. The summed E-state index contributed by atoms with van der Waals surface area (Å²) in [4.78, 5) is 35.0. The number of aromatic nitrogens is 3. The molecule has 14 heteroatoms. The van der Waals surface area contributed by atoms with Crippen molar-refractivity contribution in [1.29, 1.82) is 0 Å². The lowest BCUT2D eigenvalue weighted by Gasteiger charge is -2.16. The molecule has 206 valence electrons. The van der Waals surface area contributed by atoms with Crippen LogP contribution in [-0.4, -0.2) is 47.0 Å². The molecule has 3 aromatic rings. The molecule has 0 unspecified atom stereocenters. The largest absolute Gasteiger partial charge is 0.479 e. The van der Waals surface area contributed by atoms with Crippen LogP contribution in [0, 0.1) is 0 Å². The van der Waals surface area contributed by atoms with Gasteiger partial charge < -0.3 is 31.3 Å². The van der Waals surface area contributed by atoms with Gasteiger partial charge in [0.05, 0.1) is 7.11 Å². The topological polar surface area (TPSA) is 142 Å². The summed E-state index contributed by atoms with van der Waals surface area (Å²) in [6.07, 6.45) is -2.63. The second-order valence-electron chi connectivity index (χ2n) is 7.86. The molecule has 0 spiro atoms. The van der Waals surface area contributed by atoms with Crippen LogP contribution in [0.2, 0.25) is 0 Å². The molecule has 0 saturated heterocycles. The zero-order valence-electron chi connectivity index (χ0n) is 21.1. The molecule has 0 atom stereocenters. The Kier molecular flexibility index (Phi) is 9.62. The summed E-state index contributed by atoms with van der Waals surface area (Å²) in [7, 11) is 1.39. The number of alkyl halides is 3. The van der Waals surface area contributed by atoms with Crippen LogP contribution in [0.4, 0.5) is 47.8 Å². The standard InChI is InChI=1S/C25H27F3N8O3/c1-4-20(37)30-12-11-29-19-10-9-18(23(35-19)39-3)34-24-31-14-17(25(26,27)28)22(36-24)33-16-8-6-7-15(13-16)32-21(38)5-2/h5-10,13-14H,2,4,11-12H2,1,3H3,(H,29,35)(H,30,37)(H,32,38)(H2,31,33,34,36). The summed E-state index contributed by atoms with van der Waals surface area (Å²) in [5.41, 5.74) is -0.185. The van der Waals surface area contributed by atoms with Gasteiger partial charge in [-0.1, -0.05) is 19.6 Å². The van der Waals surface area contributed by atoms with Crippen LogP contribution in [0.3, 0.4) is 0 Å². The van der Waals surface area contributed by atoms with Gasteiger partial charge in [-0.05, 0) is 36.4 Å². The van der Waals surface area contributed by atoms with E-state index in [-0.39, 0.29) is 23.4 Å². The molecule has 0 radical (unpaired) electrons. The normalized spacial score (nSPS) is 10.8. The van der Waals surface area contributed by atoms with Gasteiger partial charge >= 0.3 is 6.18 Å². The minimum Gasteiger partial charge on any atom is -0.479 e. The summed E-state index contributed by atoms with van der Waals surface area (Å²) in [5, 5.41) is 13.8. The van der Waals surface area contributed by atoms with Crippen molar-refractivity contribution in [3.05, 3.63) is 60.8 Å². The first-order valence-electron chi connectivity index (χ1n) is 11.7. The predicted molar refractivity (Wildman–Crippen MR) is 141 cm³/mol. The molecular formula is C25H27F3N8O3. The number of amides is 2. The fourth-order valence-electron chi connectivity index (χ4n) is 3.18. The number of halogens is 3. The molecule has 2 heterocycles. The molecular weight excluding hydrogens is 517 g/mol. The van der Waals surface area contributed by atoms with Crippen LogP contribution in [0.25, 0.3) is 0 Å². The number of hydrogen-bond acceptors (Lipinski definition) is 9. The monoisotopic (exact) mass is 544 g/mol. The van der Waals surface area contributed by atoms with Gasteiger partial charge in [0, 0.05) is 37.1 Å². The second kappa shape index (κ2) is 13.1. The number of carbonyl (C=O) groups excluding carboxylic acids is 2. The second-order valence-corrected chi connectivity index (χ2v) is 7.86. The highest BCUT2D eigenvalue weighted by Gasteiger charge is 2.35. The number of methoxy groups -OCH3 is 1. The minimum atomic E-state index is -4.74. The molecule has 11 nitrogen and oxygen atoms in total. The van der Waals surface area contributed by atoms with Crippen molar-refractivity contribution in [3.63, 3.8) is 0 Å². The highest BCUT2D eigenvalue weighted by molar-refractivity contribution is 5.99. The first-order chi connectivity index (χ1) is 18.6. The molecule has 2 amide bonds. The number of ether oxygens (including phenoxy) is 1. The van der Waals surface area contributed by atoms with Gasteiger partial charge in [-0.25, -0.2) is 4.98 Å². The Morgan fingerprint density at radius 1 is 1.08 bits per heavy atom. The number of rotatable bonds is 12. The number of benzene rings is 1. The molecule has 0 aliphatic carbocycles. The SMILES string of the molecule is C=CC(=O)Nc1cccc(Nc2nc(Nc3ccc(NCCNC(=O)CC)nc3OC)ncc2C(F)(F)F)c1. The van der Waals surface area contributed by atoms with E-state index in [4.69, 9.17) is 4.74 Å². The van der Waals surface area contributed by atoms with Gasteiger partial charge in [0.2, 0.25) is 23.6 Å². The van der Waals surface area contributed by atoms with Crippen molar-refractivity contribution in [1.82, 2.24) is 20.3 Å². The van der Waals surface area contributed by atoms with Crippen LogP contribution in [-0.2, 0) is 15.8 Å². The Bertz CT molecular complexity index is 1330. The first kappa shape index (κ1) is 28.7. The number of nitrogens with one attached hydrogen (secondary N) is 5. The van der Waals surface area contributed by atoms with E-state index in [1.165, 1.54) is 19.2 Å². The zero-order valence-corrected chi connectivity index (χ0v) is 21.1. The van der Waals surface area contributed by atoms with E-state index in [0.717, 1.165) is 6.08 Å². The van der Waals surface area contributed by atoms with Crippen molar-refractivity contribution >= 4 is 46.5 Å². The number of hydrogen-bond donors (Lipinski definition) is 5. The third kappa shape index (κ3) is 8.31. The number of anilines is 6. The van der Waals surface area contributed by atoms with Gasteiger partial charge in [-0.15, -0.1) is 0 Å². The number of pyridine rings is 1. The fraction of sp³-hybridized carbons (Fsp3) is 0.240. The lowest BCUT2D eigenvalue weighted by Crippen LogP contribution is -2.28. The van der Waals surface area contributed by atoms with E-state index in [2.05, 4.69) is 48.1 Å². The molecule has 3 rings (SSSR count). The van der Waals surface area contributed by atoms with E-state index >= 15 is 0 Å². The Morgan fingerprint density at radius 2 is 1.85 bits per heavy atom. The summed E-state index contributed by atoms with van der Waals surface area (Å²) >= 11 is 0. The lowest BCUT2D eigenvalue weighted by atomic mass is 10.2. The Labute approximate surface area is 222 Å². The van der Waals surface area contributed by atoms with Crippen LogP contribution in [0.5, 0.6) is 5.88 Å². The van der Waals surface area contributed by atoms with Gasteiger partial charge in [0.25, 0.3) is 0 Å².